The van der Waals surface area contributed by atoms with Crippen molar-refractivity contribution in [2.75, 3.05) is 4.72 Å². The van der Waals surface area contributed by atoms with Crippen molar-refractivity contribution in [2.45, 2.75) is 11.8 Å². The van der Waals surface area contributed by atoms with Gasteiger partial charge in [-0.1, -0.05) is 6.07 Å². The molecule has 0 aliphatic heterocycles. The molecule has 0 aliphatic rings. The predicted octanol–water partition coefficient (Wildman–Crippen LogP) is 4.17. The predicted molar refractivity (Wildman–Crippen MR) is 89.3 cm³/mol. The van der Waals surface area contributed by atoms with E-state index in [2.05, 4.69) is 25.6 Å². The Morgan fingerprint density at radius 1 is 1.24 bits per heavy atom. The highest BCUT2D eigenvalue weighted by atomic mass is 79.9. The molecule has 0 bridgehead atoms. The molecule has 0 aliphatic carbocycles. The average molecular weight is 383 g/mol. The van der Waals surface area contributed by atoms with Gasteiger partial charge in [-0.15, -0.1) is 11.3 Å². The normalized spacial score (nSPS) is 11.7. The smallest absolute Gasteiger partial charge is 0.263 e. The quantitative estimate of drug-likeness (QED) is 0.739. The van der Waals surface area contributed by atoms with E-state index >= 15 is 0 Å². The van der Waals surface area contributed by atoms with Crippen molar-refractivity contribution in [1.29, 1.82) is 0 Å². The number of sulfonamides is 1. The van der Waals surface area contributed by atoms with Gasteiger partial charge in [0.15, 0.2) is 0 Å². The molecule has 2 aromatic heterocycles. The highest BCUT2D eigenvalue weighted by Gasteiger charge is 2.19. The summed E-state index contributed by atoms with van der Waals surface area (Å²) >= 11 is 4.71. The van der Waals surface area contributed by atoms with Gasteiger partial charge in [0, 0.05) is 22.1 Å². The molecule has 0 saturated heterocycles. The summed E-state index contributed by atoms with van der Waals surface area (Å²) in [6.07, 6.45) is 1.71. The van der Waals surface area contributed by atoms with Crippen LogP contribution in [0.2, 0.25) is 0 Å². The molecular formula is C14H11BrN2O2S2. The van der Waals surface area contributed by atoms with Crippen LogP contribution in [-0.2, 0) is 10.0 Å². The van der Waals surface area contributed by atoms with E-state index in [1.54, 1.807) is 37.4 Å². The maximum atomic E-state index is 12.4. The average Bonchev–Trinajstić information content (AvgIpc) is 2.78. The molecule has 2 heterocycles. The second kappa shape index (κ2) is 5.40. The van der Waals surface area contributed by atoms with Crippen LogP contribution in [0.4, 0.5) is 5.69 Å². The van der Waals surface area contributed by atoms with E-state index in [0.717, 1.165) is 19.6 Å². The topological polar surface area (TPSA) is 59.1 Å². The Labute approximate surface area is 135 Å². The van der Waals surface area contributed by atoms with Crippen molar-refractivity contribution in [3.05, 3.63) is 51.3 Å². The molecular weight excluding hydrogens is 372 g/mol. The standard InChI is InChI=1S/C14H11BrN2O2S2/c1-9-13(8-14(15)20-9)21(18,19)17-11-4-5-12-10(7-11)3-2-6-16-12/h2-8,17H,1H3. The molecule has 0 saturated carbocycles. The molecule has 0 unspecified atom stereocenters. The lowest BCUT2D eigenvalue weighted by molar-refractivity contribution is 0.601. The monoisotopic (exact) mass is 382 g/mol. The van der Waals surface area contributed by atoms with Gasteiger partial charge in [0.2, 0.25) is 0 Å². The summed E-state index contributed by atoms with van der Waals surface area (Å²) in [6.45, 7) is 1.79. The Balaban J connectivity index is 1.99. The molecule has 7 heteroatoms. The summed E-state index contributed by atoms with van der Waals surface area (Å²) in [7, 11) is -3.58. The lowest BCUT2D eigenvalue weighted by atomic mass is 10.2. The van der Waals surface area contributed by atoms with Crippen LogP contribution in [0, 0.1) is 6.92 Å². The van der Waals surface area contributed by atoms with Crippen LogP contribution in [0.15, 0.2) is 51.3 Å². The number of rotatable bonds is 3. The Kier molecular flexibility index (Phi) is 3.73. The van der Waals surface area contributed by atoms with Gasteiger partial charge in [-0.2, -0.15) is 0 Å². The minimum Gasteiger partial charge on any atom is -0.280 e. The van der Waals surface area contributed by atoms with Gasteiger partial charge in [-0.05, 0) is 53.2 Å². The van der Waals surface area contributed by atoms with E-state index in [1.165, 1.54) is 11.3 Å². The zero-order valence-electron chi connectivity index (χ0n) is 11.0. The molecule has 1 N–H and O–H groups in total. The third-order valence-electron chi connectivity index (χ3n) is 2.99. The summed E-state index contributed by atoms with van der Waals surface area (Å²) in [5.41, 5.74) is 1.35. The summed E-state index contributed by atoms with van der Waals surface area (Å²) < 4.78 is 28.3. The number of aryl methyl sites for hydroxylation is 1. The second-order valence-electron chi connectivity index (χ2n) is 4.49. The van der Waals surface area contributed by atoms with Crippen LogP contribution in [0.5, 0.6) is 0 Å². The van der Waals surface area contributed by atoms with Gasteiger partial charge in [0.1, 0.15) is 4.90 Å². The Morgan fingerprint density at radius 3 is 2.76 bits per heavy atom. The molecule has 3 aromatic rings. The third-order valence-corrected chi connectivity index (χ3v) is 6.18. The maximum absolute atomic E-state index is 12.4. The molecule has 0 atom stereocenters. The number of nitrogens with one attached hydrogen (secondary N) is 1. The van der Waals surface area contributed by atoms with Gasteiger partial charge in [-0.25, -0.2) is 8.42 Å². The number of pyridine rings is 1. The molecule has 0 fully saturated rings. The Morgan fingerprint density at radius 2 is 2.05 bits per heavy atom. The Bertz CT molecular complexity index is 920. The van der Waals surface area contributed by atoms with E-state index in [-0.39, 0.29) is 0 Å². The number of nitrogens with zero attached hydrogens (tertiary/aromatic N) is 1. The van der Waals surface area contributed by atoms with E-state index in [9.17, 15) is 8.42 Å². The van der Waals surface area contributed by atoms with Crippen molar-refractivity contribution in [3.63, 3.8) is 0 Å². The number of fused-ring (bicyclic) bond motifs is 1. The number of hydrogen-bond donors (Lipinski definition) is 1. The fourth-order valence-electron chi connectivity index (χ4n) is 2.05. The molecule has 21 heavy (non-hydrogen) atoms. The van der Waals surface area contributed by atoms with Gasteiger partial charge in [0.25, 0.3) is 10.0 Å². The van der Waals surface area contributed by atoms with Crippen molar-refractivity contribution in [2.24, 2.45) is 0 Å². The van der Waals surface area contributed by atoms with Gasteiger partial charge in [-0.3, -0.25) is 9.71 Å². The van der Waals surface area contributed by atoms with E-state index in [4.69, 9.17) is 0 Å². The zero-order valence-corrected chi connectivity index (χ0v) is 14.2. The maximum Gasteiger partial charge on any atom is 0.263 e. The van der Waals surface area contributed by atoms with Crippen molar-refractivity contribution in [3.8, 4) is 0 Å². The summed E-state index contributed by atoms with van der Waals surface area (Å²) in [6, 6.07) is 10.6. The fraction of sp³-hybridized carbons (Fsp3) is 0.0714. The van der Waals surface area contributed by atoms with Crippen molar-refractivity contribution >= 4 is 53.9 Å². The molecule has 108 valence electrons. The first-order valence-electron chi connectivity index (χ1n) is 6.09. The number of benzene rings is 1. The van der Waals surface area contributed by atoms with Crippen molar-refractivity contribution in [1.82, 2.24) is 4.98 Å². The molecule has 4 nitrogen and oxygen atoms in total. The Hall–Kier alpha value is -1.44. The highest BCUT2D eigenvalue weighted by molar-refractivity contribution is 9.11. The zero-order chi connectivity index (χ0) is 15.0. The van der Waals surface area contributed by atoms with Crippen LogP contribution in [-0.4, -0.2) is 13.4 Å². The summed E-state index contributed by atoms with van der Waals surface area (Å²) in [4.78, 5) is 5.26. The molecule has 0 radical (unpaired) electrons. The number of thiophene rings is 1. The first kappa shape index (κ1) is 14.5. The van der Waals surface area contributed by atoms with Gasteiger partial charge < -0.3 is 0 Å². The van der Waals surface area contributed by atoms with E-state index in [1.807, 2.05) is 12.1 Å². The van der Waals surface area contributed by atoms with E-state index in [0.29, 0.717) is 10.6 Å². The van der Waals surface area contributed by atoms with Gasteiger partial charge >= 0.3 is 0 Å². The lowest BCUT2D eigenvalue weighted by Gasteiger charge is -2.08. The van der Waals surface area contributed by atoms with Crippen LogP contribution >= 0.6 is 27.3 Å². The van der Waals surface area contributed by atoms with E-state index < -0.39 is 10.0 Å². The number of anilines is 1. The lowest BCUT2D eigenvalue weighted by Crippen LogP contribution is -2.13. The molecule has 3 rings (SSSR count). The first-order valence-corrected chi connectivity index (χ1v) is 9.18. The van der Waals surface area contributed by atoms with Crippen molar-refractivity contribution < 1.29 is 8.42 Å². The van der Waals surface area contributed by atoms with Crippen LogP contribution < -0.4 is 4.72 Å². The fourth-order valence-corrected chi connectivity index (χ4v) is 5.51. The first-order chi connectivity index (χ1) is 9.95. The second-order valence-corrected chi connectivity index (χ2v) is 8.77. The highest BCUT2D eigenvalue weighted by Crippen LogP contribution is 2.31. The minimum atomic E-state index is -3.58. The number of hydrogen-bond acceptors (Lipinski definition) is 4. The summed E-state index contributed by atoms with van der Waals surface area (Å²) in [5.74, 6) is 0. The largest absolute Gasteiger partial charge is 0.280 e. The van der Waals surface area contributed by atoms with Crippen LogP contribution in [0.1, 0.15) is 4.88 Å². The summed E-state index contributed by atoms with van der Waals surface area (Å²) in [5, 5.41) is 0.890. The minimum absolute atomic E-state index is 0.297. The number of halogens is 1. The molecule has 0 spiro atoms. The SMILES string of the molecule is Cc1sc(Br)cc1S(=O)(=O)Nc1ccc2ncccc2c1. The van der Waals surface area contributed by atoms with Gasteiger partial charge in [0.05, 0.1) is 9.30 Å². The molecule has 1 aromatic carbocycles. The molecule has 0 amide bonds. The van der Waals surface area contributed by atoms with Crippen LogP contribution in [0.25, 0.3) is 10.9 Å². The third kappa shape index (κ3) is 2.95. The number of aromatic nitrogens is 1. The van der Waals surface area contributed by atoms with Crippen LogP contribution in [0.3, 0.4) is 0 Å².